The minimum Gasteiger partial charge on any atom is -0.404 e. The Morgan fingerprint density at radius 2 is 1.94 bits per heavy atom. The topological polar surface area (TPSA) is 44.8 Å². The molecule has 5 heteroatoms. The van der Waals surface area contributed by atoms with Crippen molar-refractivity contribution in [2.75, 3.05) is 13.7 Å². The van der Waals surface area contributed by atoms with Gasteiger partial charge in [0.25, 0.3) is 0 Å². The van der Waals surface area contributed by atoms with Gasteiger partial charge in [0, 0.05) is 7.11 Å². The Bertz CT molecular complexity index is 339. The molecule has 0 heterocycles. The molecule has 0 spiro atoms. The van der Waals surface area contributed by atoms with Crippen LogP contribution in [0.25, 0.3) is 0 Å². The normalized spacial score (nSPS) is 14.4. The Balaban J connectivity index is 2.56. The molecule has 0 aliphatic carbocycles. The molecule has 0 saturated carbocycles. The second-order valence-corrected chi connectivity index (χ2v) is 4.92. The molecule has 16 heavy (non-hydrogen) atoms. The van der Waals surface area contributed by atoms with E-state index in [1.165, 1.54) is 7.11 Å². The zero-order valence-corrected chi connectivity index (χ0v) is 10.5. The van der Waals surface area contributed by atoms with Crippen LogP contribution in [-0.2, 0) is 13.6 Å². The van der Waals surface area contributed by atoms with Crippen molar-refractivity contribution in [3.63, 3.8) is 0 Å². The first kappa shape index (κ1) is 13.2. The molecule has 0 radical (unpaired) electrons. The summed E-state index contributed by atoms with van der Waals surface area (Å²) in [6.45, 7) is 2.40. The number of para-hydroxylation sites is 1. The van der Waals surface area contributed by atoms with Gasteiger partial charge in [0.1, 0.15) is 5.75 Å². The van der Waals surface area contributed by atoms with Crippen LogP contribution >= 0.6 is 7.82 Å². The summed E-state index contributed by atoms with van der Waals surface area (Å²) in [5, 5.41) is 0. The van der Waals surface area contributed by atoms with Gasteiger partial charge in [-0.2, -0.15) is 0 Å². The third-order valence-electron chi connectivity index (χ3n) is 1.93. The molecule has 4 nitrogen and oxygen atoms in total. The van der Waals surface area contributed by atoms with Crippen LogP contribution in [-0.4, -0.2) is 13.7 Å². The highest BCUT2D eigenvalue weighted by Crippen LogP contribution is 2.48. The smallest absolute Gasteiger partial charge is 0.404 e. The van der Waals surface area contributed by atoms with Crippen molar-refractivity contribution in [2.24, 2.45) is 0 Å². The first-order valence-electron chi connectivity index (χ1n) is 5.25. The number of hydrogen-bond acceptors (Lipinski definition) is 4. The van der Waals surface area contributed by atoms with Gasteiger partial charge in [0.2, 0.25) is 0 Å². The van der Waals surface area contributed by atoms with E-state index in [0.29, 0.717) is 12.4 Å². The zero-order chi connectivity index (χ0) is 11.9. The fourth-order valence-corrected chi connectivity index (χ4v) is 2.01. The van der Waals surface area contributed by atoms with Crippen LogP contribution < -0.4 is 4.52 Å². The predicted octanol–water partition coefficient (Wildman–Crippen LogP) is 3.64. The maximum absolute atomic E-state index is 12.0. The van der Waals surface area contributed by atoms with Crippen LogP contribution in [0.1, 0.15) is 19.8 Å². The molecule has 1 aromatic rings. The zero-order valence-electron chi connectivity index (χ0n) is 9.59. The van der Waals surface area contributed by atoms with Gasteiger partial charge >= 0.3 is 7.82 Å². The van der Waals surface area contributed by atoms with Gasteiger partial charge in [0.05, 0.1) is 6.61 Å². The average molecular weight is 244 g/mol. The first-order valence-corrected chi connectivity index (χ1v) is 6.71. The first-order chi connectivity index (χ1) is 7.70. The highest BCUT2D eigenvalue weighted by molar-refractivity contribution is 7.48. The maximum Gasteiger partial charge on any atom is 0.529 e. The van der Waals surface area contributed by atoms with Crippen LogP contribution in [0.5, 0.6) is 5.75 Å². The molecule has 1 aromatic carbocycles. The maximum atomic E-state index is 12.0. The lowest BCUT2D eigenvalue weighted by Gasteiger charge is -2.16. The predicted molar refractivity (Wildman–Crippen MR) is 62.5 cm³/mol. The summed E-state index contributed by atoms with van der Waals surface area (Å²) in [7, 11) is -2.14. The van der Waals surface area contributed by atoms with E-state index in [4.69, 9.17) is 13.6 Å². The molecular formula is C11H17O4P. The van der Waals surface area contributed by atoms with Crippen LogP contribution in [0, 0.1) is 0 Å². The lowest BCUT2D eigenvalue weighted by molar-refractivity contribution is 0.177. The second-order valence-electron chi connectivity index (χ2n) is 3.22. The summed E-state index contributed by atoms with van der Waals surface area (Å²) in [6.07, 6.45) is 1.79. The Kier molecular flexibility index (Phi) is 5.53. The minimum atomic E-state index is -3.45. The Hall–Kier alpha value is -0.830. The van der Waals surface area contributed by atoms with Gasteiger partial charge in [-0.1, -0.05) is 31.5 Å². The average Bonchev–Trinajstić information content (AvgIpc) is 2.31. The molecule has 0 bridgehead atoms. The van der Waals surface area contributed by atoms with E-state index in [0.717, 1.165) is 12.8 Å². The van der Waals surface area contributed by atoms with E-state index in [2.05, 4.69) is 0 Å². The standard InChI is InChI=1S/C11H17O4P/c1-3-4-10-14-16(12,13-2)15-11-8-6-5-7-9-11/h5-9H,3-4,10H2,1-2H3. The highest BCUT2D eigenvalue weighted by atomic mass is 31.2. The molecular weight excluding hydrogens is 227 g/mol. The molecule has 90 valence electrons. The third-order valence-corrected chi connectivity index (χ3v) is 3.31. The van der Waals surface area contributed by atoms with Crippen molar-refractivity contribution in [1.82, 2.24) is 0 Å². The van der Waals surface area contributed by atoms with Crippen molar-refractivity contribution in [3.8, 4) is 5.75 Å². The second kappa shape index (κ2) is 6.69. The van der Waals surface area contributed by atoms with Gasteiger partial charge in [0.15, 0.2) is 0 Å². The van der Waals surface area contributed by atoms with Gasteiger partial charge in [-0.15, -0.1) is 0 Å². The Labute approximate surface area is 96.1 Å². The van der Waals surface area contributed by atoms with Gasteiger partial charge in [-0.25, -0.2) is 4.57 Å². The van der Waals surface area contributed by atoms with Gasteiger partial charge in [-0.3, -0.25) is 9.05 Å². The highest BCUT2D eigenvalue weighted by Gasteiger charge is 2.26. The quantitative estimate of drug-likeness (QED) is 0.542. The minimum absolute atomic E-state index is 0.369. The molecule has 0 N–H and O–H groups in total. The lowest BCUT2D eigenvalue weighted by atomic mass is 10.3. The van der Waals surface area contributed by atoms with E-state index in [-0.39, 0.29) is 0 Å². The van der Waals surface area contributed by atoms with Gasteiger partial charge < -0.3 is 4.52 Å². The molecule has 0 aromatic heterocycles. The van der Waals surface area contributed by atoms with Crippen molar-refractivity contribution in [1.29, 1.82) is 0 Å². The van der Waals surface area contributed by atoms with Crippen molar-refractivity contribution in [2.45, 2.75) is 19.8 Å². The number of phosphoric ester groups is 1. The van der Waals surface area contributed by atoms with Crippen molar-refractivity contribution < 1.29 is 18.1 Å². The fraction of sp³-hybridized carbons (Fsp3) is 0.455. The van der Waals surface area contributed by atoms with Crippen molar-refractivity contribution >= 4 is 7.82 Å². The molecule has 1 atom stereocenters. The van der Waals surface area contributed by atoms with Crippen molar-refractivity contribution in [3.05, 3.63) is 30.3 Å². The number of unbranched alkanes of at least 4 members (excludes halogenated alkanes) is 1. The summed E-state index contributed by atoms with van der Waals surface area (Å²) in [5.74, 6) is 0.476. The monoisotopic (exact) mass is 244 g/mol. The molecule has 0 amide bonds. The number of rotatable bonds is 7. The van der Waals surface area contributed by atoms with Crippen LogP contribution in [0.15, 0.2) is 30.3 Å². The van der Waals surface area contributed by atoms with Crippen LogP contribution in [0.3, 0.4) is 0 Å². The number of phosphoric acid groups is 1. The lowest BCUT2D eigenvalue weighted by Crippen LogP contribution is -2.01. The fourth-order valence-electron chi connectivity index (χ4n) is 1.05. The van der Waals surface area contributed by atoms with E-state index < -0.39 is 7.82 Å². The van der Waals surface area contributed by atoms with E-state index in [1.807, 2.05) is 13.0 Å². The summed E-state index contributed by atoms with van der Waals surface area (Å²) >= 11 is 0. The number of benzene rings is 1. The molecule has 1 rings (SSSR count). The molecule has 0 aliphatic heterocycles. The van der Waals surface area contributed by atoms with Gasteiger partial charge in [-0.05, 0) is 18.6 Å². The van der Waals surface area contributed by atoms with E-state index in [1.54, 1.807) is 24.3 Å². The molecule has 0 fully saturated rings. The van der Waals surface area contributed by atoms with Crippen LogP contribution in [0.4, 0.5) is 0 Å². The molecule has 0 saturated heterocycles. The summed E-state index contributed by atoms with van der Waals surface area (Å²) in [4.78, 5) is 0. The SMILES string of the molecule is CCCCOP(=O)(OC)Oc1ccccc1. The van der Waals surface area contributed by atoms with E-state index in [9.17, 15) is 4.57 Å². The molecule has 0 aliphatic rings. The van der Waals surface area contributed by atoms with E-state index >= 15 is 0 Å². The van der Waals surface area contributed by atoms with Crippen LogP contribution in [0.2, 0.25) is 0 Å². The Morgan fingerprint density at radius 3 is 2.50 bits per heavy atom. The largest absolute Gasteiger partial charge is 0.529 e. The summed E-state index contributed by atoms with van der Waals surface area (Å²) < 4.78 is 27.1. The summed E-state index contributed by atoms with van der Waals surface area (Å²) in [6, 6.07) is 8.84. The third kappa shape index (κ3) is 4.35. The number of hydrogen-bond donors (Lipinski definition) is 0. The Morgan fingerprint density at radius 1 is 1.25 bits per heavy atom. The molecule has 1 unspecified atom stereocenters. The summed E-state index contributed by atoms with van der Waals surface area (Å²) in [5.41, 5.74) is 0.